The molecule has 1 atom stereocenters. The van der Waals surface area contributed by atoms with E-state index in [-0.39, 0.29) is 11.9 Å². The molecule has 16 heavy (non-hydrogen) atoms. The van der Waals surface area contributed by atoms with Crippen molar-refractivity contribution in [2.75, 3.05) is 0 Å². The van der Waals surface area contributed by atoms with Crippen LogP contribution in [0, 0.1) is 12.7 Å². The van der Waals surface area contributed by atoms with Crippen LogP contribution < -0.4 is 5.73 Å². The van der Waals surface area contributed by atoms with Gasteiger partial charge >= 0.3 is 0 Å². The van der Waals surface area contributed by atoms with E-state index in [1.165, 1.54) is 6.07 Å². The molecule has 0 saturated heterocycles. The van der Waals surface area contributed by atoms with Crippen LogP contribution in [0.2, 0.25) is 0 Å². The minimum absolute atomic E-state index is 0.0348. The summed E-state index contributed by atoms with van der Waals surface area (Å²) in [4.78, 5) is 2.20. The molecule has 0 unspecified atom stereocenters. The highest BCUT2D eigenvalue weighted by Crippen LogP contribution is 2.33. The molecule has 2 N–H and O–H groups in total. The Morgan fingerprint density at radius 2 is 2.00 bits per heavy atom. The molecule has 1 aromatic carbocycles. The Balaban J connectivity index is 2.47. The maximum atomic E-state index is 13.4. The van der Waals surface area contributed by atoms with Gasteiger partial charge in [-0.3, -0.25) is 0 Å². The van der Waals surface area contributed by atoms with Crippen molar-refractivity contribution in [1.82, 2.24) is 0 Å². The van der Waals surface area contributed by atoms with Crippen LogP contribution in [-0.2, 0) is 0 Å². The van der Waals surface area contributed by atoms with E-state index in [0.29, 0.717) is 5.56 Å². The lowest BCUT2D eigenvalue weighted by molar-refractivity contribution is 0.619. The molecule has 1 nitrogen and oxygen atoms in total. The van der Waals surface area contributed by atoms with Gasteiger partial charge in [0.15, 0.2) is 0 Å². The minimum Gasteiger partial charge on any atom is -0.324 e. The smallest absolute Gasteiger partial charge is 0.126 e. The first-order chi connectivity index (χ1) is 7.59. The summed E-state index contributed by atoms with van der Waals surface area (Å²) in [5.41, 5.74) is 7.46. The lowest BCUT2D eigenvalue weighted by Gasteiger charge is -2.04. The average molecular weight is 235 g/mol. The molecule has 2 rings (SSSR count). The average Bonchev–Trinajstić information content (AvgIpc) is 2.71. The third-order valence-electron chi connectivity index (χ3n) is 2.61. The van der Waals surface area contributed by atoms with Gasteiger partial charge in [-0.25, -0.2) is 4.39 Å². The van der Waals surface area contributed by atoms with E-state index in [0.717, 1.165) is 15.3 Å². The largest absolute Gasteiger partial charge is 0.324 e. The van der Waals surface area contributed by atoms with Crippen molar-refractivity contribution in [3.05, 3.63) is 46.6 Å². The van der Waals surface area contributed by atoms with Crippen molar-refractivity contribution in [3.63, 3.8) is 0 Å². The SMILES string of the molecule is Cc1c(F)cccc1-c1ccc([C@@H](C)N)s1. The van der Waals surface area contributed by atoms with Gasteiger partial charge in [-0.1, -0.05) is 12.1 Å². The molecule has 2 aromatic rings. The number of hydrogen-bond acceptors (Lipinski definition) is 2. The molecule has 0 aliphatic carbocycles. The van der Waals surface area contributed by atoms with Gasteiger partial charge in [0.25, 0.3) is 0 Å². The topological polar surface area (TPSA) is 26.0 Å². The molecular weight excluding hydrogens is 221 g/mol. The second-order valence-corrected chi connectivity index (χ2v) is 5.02. The highest BCUT2D eigenvalue weighted by Gasteiger charge is 2.09. The Labute approximate surface area is 98.7 Å². The Morgan fingerprint density at radius 1 is 1.25 bits per heavy atom. The zero-order valence-corrected chi connectivity index (χ0v) is 10.1. The van der Waals surface area contributed by atoms with Crippen molar-refractivity contribution in [2.45, 2.75) is 19.9 Å². The summed E-state index contributed by atoms with van der Waals surface area (Å²) in [6.07, 6.45) is 0. The quantitative estimate of drug-likeness (QED) is 0.839. The first kappa shape index (κ1) is 11.3. The molecule has 0 spiro atoms. The second-order valence-electron chi connectivity index (χ2n) is 3.90. The lowest BCUT2D eigenvalue weighted by Crippen LogP contribution is -2.01. The Hall–Kier alpha value is -1.19. The predicted molar refractivity (Wildman–Crippen MR) is 67.1 cm³/mol. The summed E-state index contributed by atoms with van der Waals surface area (Å²) >= 11 is 1.63. The molecule has 0 aliphatic rings. The van der Waals surface area contributed by atoms with Crippen molar-refractivity contribution in [3.8, 4) is 10.4 Å². The first-order valence-electron chi connectivity index (χ1n) is 5.20. The highest BCUT2D eigenvalue weighted by molar-refractivity contribution is 7.15. The van der Waals surface area contributed by atoms with E-state index in [1.807, 2.05) is 25.1 Å². The van der Waals surface area contributed by atoms with Gasteiger partial charge in [-0.05, 0) is 43.2 Å². The second kappa shape index (κ2) is 4.36. The minimum atomic E-state index is -0.159. The number of hydrogen-bond donors (Lipinski definition) is 1. The fourth-order valence-electron chi connectivity index (χ4n) is 1.62. The number of rotatable bonds is 2. The van der Waals surface area contributed by atoms with E-state index in [4.69, 9.17) is 5.73 Å². The Kier molecular flexibility index (Phi) is 3.08. The highest BCUT2D eigenvalue weighted by atomic mass is 32.1. The van der Waals surface area contributed by atoms with Crippen molar-refractivity contribution in [1.29, 1.82) is 0 Å². The number of benzene rings is 1. The fraction of sp³-hybridized carbons (Fsp3) is 0.231. The van der Waals surface area contributed by atoms with Gasteiger partial charge < -0.3 is 5.73 Å². The van der Waals surface area contributed by atoms with Crippen LogP contribution in [0.3, 0.4) is 0 Å². The van der Waals surface area contributed by atoms with Crippen molar-refractivity contribution in [2.24, 2.45) is 5.73 Å². The van der Waals surface area contributed by atoms with E-state index < -0.39 is 0 Å². The molecule has 0 aliphatic heterocycles. The van der Waals surface area contributed by atoms with Gasteiger partial charge in [0.05, 0.1) is 0 Å². The predicted octanol–water partition coefficient (Wildman–Crippen LogP) is 3.88. The molecule has 3 heteroatoms. The fourth-order valence-corrected chi connectivity index (χ4v) is 2.66. The zero-order valence-electron chi connectivity index (χ0n) is 9.33. The maximum absolute atomic E-state index is 13.4. The standard InChI is InChI=1S/C13H14FNS/c1-8-10(4-3-5-11(8)14)13-7-6-12(16-13)9(2)15/h3-7,9H,15H2,1-2H3/t9-/m1/s1. The first-order valence-corrected chi connectivity index (χ1v) is 6.02. The molecule has 0 amide bonds. The number of nitrogens with two attached hydrogens (primary N) is 1. The summed E-state index contributed by atoms with van der Waals surface area (Å²) in [6.45, 7) is 3.75. The van der Waals surface area contributed by atoms with E-state index >= 15 is 0 Å². The van der Waals surface area contributed by atoms with Crippen LogP contribution in [0.1, 0.15) is 23.4 Å². The molecule has 1 heterocycles. The summed E-state index contributed by atoms with van der Waals surface area (Å²) in [7, 11) is 0. The summed E-state index contributed by atoms with van der Waals surface area (Å²) < 4.78 is 13.4. The van der Waals surface area contributed by atoms with Crippen molar-refractivity contribution >= 4 is 11.3 Å². The van der Waals surface area contributed by atoms with Crippen molar-refractivity contribution < 1.29 is 4.39 Å². The van der Waals surface area contributed by atoms with Crippen LogP contribution in [-0.4, -0.2) is 0 Å². The number of thiophene rings is 1. The summed E-state index contributed by atoms with van der Waals surface area (Å²) in [5, 5.41) is 0. The third-order valence-corrected chi connectivity index (χ3v) is 3.93. The van der Waals surface area contributed by atoms with Crippen LogP contribution >= 0.6 is 11.3 Å². The van der Waals surface area contributed by atoms with E-state index in [2.05, 4.69) is 0 Å². The molecular formula is C13H14FNS. The Bertz CT molecular complexity index is 502. The monoisotopic (exact) mass is 235 g/mol. The molecule has 84 valence electrons. The lowest BCUT2D eigenvalue weighted by atomic mass is 10.1. The van der Waals surface area contributed by atoms with Crippen LogP contribution in [0.15, 0.2) is 30.3 Å². The molecule has 0 fully saturated rings. The molecule has 0 saturated carbocycles. The summed E-state index contributed by atoms with van der Waals surface area (Å²) in [5.74, 6) is -0.159. The Morgan fingerprint density at radius 3 is 2.62 bits per heavy atom. The number of halogens is 1. The van der Waals surface area contributed by atoms with Gasteiger partial charge in [-0.2, -0.15) is 0 Å². The van der Waals surface area contributed by atoms with E-state index in [1.54, 1.807) is 24.3 Å². The zero-order chi connectivity index (χ0) is 11.7. The normalized spacial score (nSPS) is 12.8. The van der Waals surface area contributed by atoms with Crippen LogP contribution in [0.4, 0.5) is 4.39 Å². The molecule has 0 bridgehead atoms. The third kappa shape index (κ3) is 2.01. The van der Waals surface area contributed by atoms with Crippen LogP contribution in [0.5, 0.6) is 0 Å². The summed E-state index contributed by atoms with van der Waals surface area (Å²) in [6, 6.07) is 9.21. The molecule has 0 radical (unpaired) electrons. The van der Waals surface area contributed by atoms with Gasteiger partial charge in [0.2, 0.25) is 0 Å². The van der Waals surface area contributed by atoms with E-state index in [9.17, 15) is 4.39 Å². The maximum Gasteiger partial charge on any atom is 0.126 e. The van der Waals surface area contributed by atoms with Gasteiger partial charge in [0.1, 0.15) is 5.82 Å². The van der Waals surface area contributed by atoms with Gasteiger partial charge in [-0.15, -0.1) is 11.3 Å². The van der Waals surface area contributed by atoms with Crippen LogP contribution in [0.25, 0.3) is 10.4 Å². The molecule has 1 aromatic heterocycles. The van der Waals surface area contributed by atoms with Gasteiger partial charge in [0, 0.05) is 15.8 Å².